The summed E-state index contributed by atoms with van der Waals surface area (Å²) >= 11 is 5.92. The summed E-state index contributed by atoms with van der Waals surface area (Å²) in [5.41, 5.74) is 1.29. The second-order valence-electron chi connectivity index (χ2n) is 4.31. The van der Waals surface area contributed by atoms with Gasteiger partial charge in [-0.05, 0) is 43.0 Å². The molecule has 16 heavy (non-hydrogen) atoms. The predicted molar refractivity (Wildman–Crippen MR) is 67.0 cm³/mol. The van der Waals surface area contributed by atoms with Crippen molar-refractivity contribution >= 4 is 11.6 Å². The van der Waals surface area contributed by atoms with Gasteiger partial charge in [-0.1, -0.05) is 23.7 Å². The van der Waals surface area contributed by atoms with E-state index in [0.717, 1.165) is 37.7 Å². The van der Waals surface area contributed by atoms with Crippen LogP contribution in [0.1, 0.15) is 12.0 Å². The zero-order chi connectivity index (χ0) is 11.2. The molecule has 1 aliphatic heterocycles. The van der Waals surface area contributed by atoms with Crippen molar-refractivity contribution in [2.45, 2.75) is 12.8 Å². The molecule has 1 atom stereocenters. The molecule has 88 valence electrons. The van der Waals surface area contributed by atoms with E-state index < -0.39 is 0 Å². The van der Waals surface area contributed by atoms with Crippen LogP contribution in [0.4, 0.5) is 0 Å². The lowest BCUT2D eigenvalue weighted by atomic mass is 10.1. The number of nitrogens with one attached hydrogen (secondary N) is 1. The van der Waals surface area contributed by atoms with Crippen LogP contribution in [0.2, 0.25) is 5.02 Å². The molecular weight excluding hydrogens is 222 g/mol. The second kappa shape index (κ2) is 6.24. The fourth-order valence-corrected chi connectivity index (χ4v) is 2.19. The van der Waals surface area contributed by atoms with Crippen LogP contribution in [-0.4, -0.2) is 26.3 Å². The molecular formula is C13H18ClNO. The monoisotopic (exact) mass is 239 g/mol. The quantitative estimate of drug-likeness (QED) is 0.798. The van der Waals surface area contributed by atoms with Crippen LogP contribution in [-0.2, 0) is 11.2 Å². The van der Waals surface area contributed by atoms with Crippen molar-refractivity contribution in [3.8, 4) is 0 Å². The summed E-state index contributed by atoms with van der Waals surface area (Å²) < 4.78 is 5.33. The minimum absolute atomic E-state index is 0.708. The summed E-state index contributed by atoms with van der Waals surface area (Å²) in [6.07, 6.45) is 2.23. The highest BCUT2D eigenvalue weighted by atomic mass is 35.5. The number of halogens is 1. The molecule has 1 aliphatic rings. The van der Waals surface area contributed by atoms with E-state index in [2.05, 4.69) is 11.4 Å². The molecule has 2 rings (SSSR count). The molecule has 1 saturated heterocycles. The third-order valence-electron chi connectivity index (χ3n) is 2.94. The van der Waals surface area contributed by atoms with E-state index in [1.54, 1.807) is 0 Å². The van der Waals surface area contributed by atoms with Crippen molar-refractivity contribution in [3.63, 3.8) is 0 Å². The van der Waals surface area contributed by atoms with Gasteiger partial charge in [-0.25, -0.2) is 0 Å². The number of ether oxygens (including phenoxy) is 1. The normalized spacial score (nSPS) is 20.2. The Morgan fingerprint density at radius 1 is 1.44 bits per heavy atom. The van der Waals surface area contributed by atoms with E-state index in [0.29, 0.717) is 5.92 Å². The van der Waals surface area contributed by atoms with E-state index in [1.807, 2.05) is 18.2 Å². The number of rotatable bonds is 5. The van der Waals surface area contributed by atoms with Crippen molar-refractivity contribution in [2.75, 3.05) is 26.3 Å². The standard InChI is InChI=1S/C13H18ClNO/c14-13-3-1-2-11(8-13)4-6-15-9-12-5-7-16-10-12/h1-3,8,12,15H,4-7,9-10H2. The van der Waals surface area contributed by atoms with Gasteiger partial charge in [0.15, 0.2) is 0 Å². The molecule has 1 N–H and O–H groups in total. The first-order chi connectivity index (χ1) is 7.84. The molecule has 1 heterocycles. The molecule has 0 amide bonds. The molecule has 3 heteroatoms. The largest absolute Gasteiger partial charge is 0.381 e. The lowest BCUT2D eigenvalue weighted by Gasteiger charge is -2.09. The second-order valence-corrected chi connectivity index (χ2v) is 4.75. The molecule has 2 nitrogen and oxygen atoms in total. The SMILES string of the molecule is Clc1cccc(CCNCC2CCOC2)c1. The van der Waals surface area contributed by atoms with Gasteiger partial charge >= 0.3 is 0 Å². The highest BCUT2D eigenvalue weighted by Crippen LogP contribution is 2.12. The van der Waals surface area contributed by atoms with Gasteiger partial charge in [0.1, 0.15) is 0 Å². The van der Waals surface area contributed by atoms with Crippen molar-refractivity contribution in [2.24, 2.45) is 5.92 Å². The average molecular weight is 240 g/mol. The van der Waals surface area contributed by atoms with Crippen LogP contribution < -0.4 is 5.32 Å². The van der Waals surface area contributed by atoms with Crippen molar-refractivity contribution in [3.05, 3.63) is 34.9 Å². The third-order valence-corrected chi connectivity index (χ3v) is 3.17. The van der Waals surface area contributed by atoms with Crippen LogP contribution in [0.25, 0.3) is 0 Å². The lowest BCUT2D eigenvalue weighted by Crippen LogP contribution is -2.25. The first kappa shape index (κ1) is 11.9. The third kappa shape index (κ3) is 3.78. The van der Waals surface area contributed by atoms with E-state index in [4.69, 9.17) is 16.3 Å². The maximum absolute atomic E-state index is 5.92. The van der Waals surface area contributed by atoms with Crippen molar-refractivity contribution < 1.29 is 4.74 Å². The topological polar surface area (TPSA) is 21.3 Å². The zero-order valence-corrected chi connectivity index (χ0v) is 10.2. The molecule has 0 radical (unpaired) electrons. The Labute approximate surface area is 102 Å². The first-order valence-electron chi connectivity index (χ1n) is 5.87. The molecule has 0 saturated carbocycles. The molecule has 0 spiro atoms. The van der Waals surface area contributed by atoms with E-state index in [-0.39, 0.29) is 0 Å². The number of hydrogen-bond donors (Lipinski definition) is 1. The average Bonchev–Trinajstić information content (AvgIpc) is 2.77. The van der Waals surface area contributed by atoms with E-state index in [9.17, 15) is 0 Å². The summed E-state index contributed by atoms with van der Waals surface area (Å²) in [5, 5.41) is 4.29. The number of hydrogen-bond acceptors (Lipinski definition) is 2. The molecule has 0 bridgehead atoms. The maximum atomic E-state index is 5.92. The molecule has 0 aliphatic carbocycles. The van der Waals surface area contributed by atoms with Gasteiger partial charge in [-0.3, -0.25) is 0 Å². The highest BCUT2D eigenvalue weighted by Gasteiger charge is 2.14. The Bertz CT molecular complexity index is 323. The summed E-state index contributed by atoms with van der Waals surface area (Å²) in [6.45, 7) is 3.93. The van der Waals surface area contributed by atoms with Crippen LogP contribution in [0, 0.1) is 5.92 Å². The van der Waals surface area contributed by atoms with Gasteiger partial charge in [0, 0.05) is 18.2 Å². The fraction of sp³-hybridized carbons (Fsp3) is 0.538. The van der Waals surface area contributed by atoms with Gasteiger partial charge in [-0.2, -0.15) is 0 Å². The maximum Gasteiger partial charge on any atom is 0.0507 e. The van der Waals surface area contributed by atoms with Crippen LogP contribution in [0.3, 0.4) is 0 Å². The smallest absolute Gasteiger partial charge is 0.0507 e. The Kier molecular flexibility index (Phi) is 4.64. The Hall–Kier alpha value is -0.570. The van der Waals surface area contributed by atoms with Gasteiger partial charge in [0.2, 0.25) is 0 Å². The van der Waals surface area contributed by atoms with Crippen molar-refractivity contribution in [1.29, 1.82) is 0 Å². The van der Waals surface area contributed by atoms with Gasteiger partial charge in [0.25, 0.3) is 0 Å². The summed E-state index contributed by atoms with van der Waals surface area (Å²) in [6, 6.07) is 8.06. The first-order valence-corrected chi connectivity index (χ1v) is 6.25. The summed E-state index contributed by atoms with van der Waals surface area (Å²) in [7, 11) is 0. The molecule has 1 aromatic carbocycles. The minimum Gasteiger partial charge on any atom is -0.381 e. The number of benzene rings is 1. The fourth-order valence-electron chi connectivity index (χ4n) is 1.98. The lowest BCUT2D eigenvalue weighted by molar-refractivity contribution is 0.185. The molecule has 0 aromatic heterocycles. The zero-order valence-electron chi connectivity index (χ0n) is 9.42. The Morgan fingerprint density at radius 3 is 3.12 bits per heavy atom. The summed E-state index contributed by atoms with van der Waals surface area (Å²) in [5.74, 6) is 0.708. The van der Waals surface area contributed by atoms with E-state index >= 15 is 0 Å². The molecule has 1 fully saturated rings. The van der Waals surface area contributed by atoms with Crippen molar-refractivity contribution in [1.82, 2.24) is 5.32 Å². The Morgan fingerprint density at radius 2 is 2.38 bits per heavy atom. The van der Waals surface area contributed by atoms with E-state index in [1.165, 1.54) is 12.0 Å². The van der Waals surface area contributed by atoms with Gasteiger partial charge in [0.05, 0.1) is 6.61 Å². The highest BCUT2D eigenvalue weighted by molar-refractivity contribution is 6.30. The van der Waals surface area contributed by atoms with Gasteiger partial charge in [-0.15, -0.1) is 0 Å². The Balaban J connectivity index is 1.64. The minimum atomic E-state index is 0.708. The van der Waals surface area contributed by atoms with Crippen LogP contribution in [0.5, 0.6) is 0 Å². The molecule has 1 unspecified atom stereocenters. The molecule has 1 aromatic rings. The van der Waals surface area contributed by atoms with Gasteiger partial charge < -0.3 is 10.1 Å². The predicted octanol–water partition coefficient (Wildman–Crippen LogP) is 2.51. The van der Waals surface area contributed by atoms with Crippen LogP contribution >= 0.6 is 11.6 Å². The van der Waals surface area contributed by atoms with Crippen LogP contribution in [0.15, 0.2) is 24.3 Å². The summed E-state index contributed by atoms with van der Waals surface area (Å²) in [4.78, 5) is 0.